The van der Waals surface area contributed by atoms with E-state index in [2.05, 4.69) is 15.9 Å². The van der Waals surface area contributed by atoms with Crippen molar-refractivity contribution < 1.29 is 13.2 Å². The van der Waals surface area contributed by atoms with E-state index in [4.69, 9.17) is 10.2 Å². The normalized spacial score (nSPS) is 12.8. The maximum Gasteiger partial charge on any atom is 0.139 e. The van der Waals surface area contributed by atoms with Crippen LogP contribution in [0.4, 0.5) is 8.78 Å². The Kier molecular flexibility index (Phi) is 3.07. The summed E-state index contributed by atoms with van der Waals surface area (Å²) in [5.41, 5.74) is 6.17. The molecule has 1 unspecified atom stereocenters. The SMILES string of the molecule is NC(c1cc(F)cc(F)c1)c1occc1Br. The number of furan rings is 1. The smallest absolute Gasteiger partial charge is 0.139 e. The first-order valence-electron chi connectivity index (χ1n) is 4.52. The Bertz CT molecular complexity index is 492. The van der Waals surface area contributed by atoms with Crippen LogP contribution in [0.5, 0.6) is 0 Å². The summed E-state index contributed by atoms with van der Waals surface area (Å²) in [5, 5.41) is 0. The third kappa shape index (κ3) is 2.15. The second kappa shape index (κ2) is 4.35. The Morgan fingerprint density at radius 3 is 2.31 bits per heavy atom. The minimum Gasteiger partial charge on any atom is -0.466 e. The van der Waals surface area contributed by atoms with Gasteiger partial charge in [0.15, 0.2) is 0 Å². The van der Waals surface area contributed by atoms with E-state index in [0.717, 1.165) is 6.07 Å². The van der Waals surface area contributed by atoms with Crippen LogP contribution in [0.1, 0.15) is 17.4 Å². The highest BCUT2D eigenvalue weighted by atomic mass is 79.9. The van der Waals surface area contributed by atoms with Gasteiger partial charge in [0, 0.05) is 6.07 Å². The molecule has 2 rings (SSSR count). The van der Waals surface area contributed by atoms with Crippen molar-refractivity contribution >= 4 is 15.9 Å². The van der Waals surface area contributed by atoms with Gasteiger partial charge in [0.1, 0.15) is 17.4 Å². The summed E-state index contributed by atoms with van der Waals surface area (Å²) >= 11 is 3.24. The largest absolute Gasteiger partial charge is 0.466 e. The molecule has 5 heteroatoms. The van der Waals surface area contributed by atoms with Crippen molar-refractivity contribution in [1.29, 1.82) is 0 Å². The van der Waals surface area contributed by atoms with Crippen LogP contribution in [0.25, 0.3) is 0 Å². The maximum atomic E-state index is 13.0. The Morgan fingerprint density at radius 1 is 1.19 bits per heavy atom. The van der Waals surface area contributed by atoms with E-state index < -0.39 is 17.7 Å². The molecule has 0 aliphatic carbocycles. The van der Waals surface area contributed by atoms with E-state index in [1.165, 1.54) is 18.4 Å². The predicted octanol–water partition coefficient (Wildman–Crippen LogP) is 3.37. The molecule has 0 spiro atoms. The Labute approximate surface area is 99.2 Å². The van der Waals surface area contributed by atoms with Crippen LogP contribution in [-0.4, -0.2) is 0 Å². The predicted molar refractivity (Wildman–Crippen MR) is 58.8 cm³/mol. The van der Waals surface area contributed by atoms with E-state index >= 15 is 0 Å². The Balaban J connectivity index is 2.41. The van der Waals surface area contributed by atoms with Gasteiger partial charge in [0.25, 0.3) is 0 Å². The minimum absolute atomic E-state index is 0.327. The van der Waals surface area contributed by atoms with Gasteiger partial charge in [-0.2, -0.15) is 0 Å². The second-order valence-corrected chi connectivity index (χ2v) is 4.17. The summed E-state index contributed by atoms with van der Waals surface area (Å²) in [5.74, 6) is -0.883. The van der Waals surface area contributed by atoms with Crippen LogP contribution in [0.2, 0.25) is 0 Å². The molecule has 0 saturated heterocycles. The minimum atomic E-state index is -0.699. The third-order valence-electron chi connectivity index (χ3n) is 2.17. The topological polar surface area (TPSA) is 39.2 Å². The van der Waals surface area contributed by atoms with Gasteiger partial charge in [-0.25, -0.2) is 8.78 Å². The van der Waals surface area contributed by atoms with Gasteiger partial charge < -0.3 is 10.2 Å². The number of hydrogen-bond acceptors (Lipinski definition) is 2. The van der Waals surface area contributed by atoms with E-state index in [-0.39, 0.29) is 0 Å². The number of benzene rings is 1. The Morgan fingerprint density at radius 2 is 1.81 bits per heavy atom. The van der Waals surface area contributed by atoms with E-state index in [1.54, 1.807) is 6.07 Å². The average Bonchev–Trinajstić information content (AvgIpc) is 2.62. The molecule has 1 aromatic heterocycles. The van der Waals surface area contributed by atoms with Crippen LogP contribution < -0.4 is 5.73 Å². The van der Waals surface area contributed by atoms with Crippen molar-refractivity contribution in [2.24, 2.45) is 5.73 Å². The monoisotopic (exact) mass is 287 g/mol. The van der Waals surface area contributed by atoms with E-state index in [0.29, 0.717) is 15.8 Å². The van der Waals surface area contributed by atoms with Gasteiger partial charge in [-0.3, -0.25) is 0 Å². The first kappa shape index (κ1) is 11.3. The lowest BCUT2D eigenvalue weighted by Gasteiger charge is -2.10. The zero-order valence-electron chi connectivity index (χ0n) is 8.08. The van der Waals surface area contributed by atoms with Gasteiger partial charge in [-0.15, -0.1) is 0 Å². The molecule has 1 atom stereocenters. The summed E-state index contributed by atoms with van der Waals surface area (Å²) in [4.78, 5) is 0. The fraction of sp³-hybridized carbons (Fsp3) is 0.0909. The molecule has 16 heavy (non-hydrogen) atoms. The molecule has 0 aliphatic rings. The molecule has 0 aliphatic heterocycles. The summed E-state index contributed by atoms with van der Waals surface area (Å²) in [6, 6.07) is 4.14. The number of halogens is 3. The molecule has 2 aromatic rings. The second-order valence-electron chi connectivity index (χ2n) is 3.31. The van der Waals surface area contributed by atoms with Gasteiger partial charge in [-0.05, 0) is 39.7 Å². The van der Waals surface area contributed by atoms with E-state index in [9.17, 15) is 8.78 Å². The molecule has 84 valence electrons. The van der Waals surface area contributed by atoms with Crippen LogP contribution >= 0.6 is 15.9 Å². The molecule has 0 radical (unpaired) electrons. The van der Waals surface area contributed by atoms with Crippen molar-refractivity contribution in [3.8, 4) is 0 Å². The Hall–Kier alpha value is -1.20. The molecule has 2 nitrogen and oxygen atoms in total. The highest BCUT2D eigenvalue weighted by Crippen LogP contribution is 2.28. The van der Waals surface area contributed by atoms with Crippen molar-refractivity contribution in [3.63, 3.8) is 0 Å². The summed E-state index contributed by atoms with van der Waals surface area (Å²) in [6.07, 6.45) is 1.45. The van der Waals surface area contributed by atoms with Crippen molar-refractivity contribution in [2.45, 2.75) is 6.04 Å². The van der Waals surface area contributed by atoms with Crippen LogP contribution in [-0.2, 0) is 0 Å². The summed E-state index contributed by atoms with van der Waals surface area (Å²) < 4.78 is 31.8. The van der Waals surface area contributed by atoms with Crippen molar-refractivity contribution in [3.05, 3.63) is 58.0 Å². The number of nitrogens with two attached hydrogens (primary N) is 1. The number of hydrogen-bond donors (Lipinski definition) is 1. The molecule has 1 aromatic carbocycles. The fourth-order valence-electron chi connectivity index (χ4n) is 1.43. The van der Waals surface area contributed by atoms with Crippen LogP contribution in [0.15, 0.2) is 39.4 Å². The third-order valence-corrected chi connectivity index (χ3v) is 2.83. The van der Waals surface area contributed by atoms with Gasteiger partial charge in [0.05, 0.1) is 16.8 Å². The first-order chi connectivity index (χ1) is 7.58. The molecule has 0 bridgehead atoms. The molecule has 2 N–H and O–H groups in total. The van der Waals surface area contributed by atoms with E-state index in [1.807, 2.05) is 0 Å². The van der Waals surface area contributed by atoms with Crippen LogP contribution in [0.3, 0.4) is 0 Å². The molecule has 0 amide bonds. The lowest BCUT2D eigenvalue weighted by molar-refractivity contribution is 0.484. The van der Waals surface area contributed by atoms with Gasteiger partial charge in [0.2, 0.25) is 0 Å². The zero-order valence-corrected chi connectivity index (χ0v) is 9.67. The first-order valence-corrected chi connectivity index (χ1v) is 5.31. The lowest BCUT2D eigenvalue weighted by atomic mass is 10.1. The quantitative estimate of drug-likeness (QED) is 0.920. The maximum absolute atomic E-state index is 13.0. The summed E-state index contributed by atoms with van der Waals surface area (Å²) in [6.45, 7) is 0. The molecular weight excluding hydrogens is 280 g/mol. The van der Waals surface area contributed by atoms with Crippen molar-refractivity contribution in [1.82, 2.24) is 0 Å². The number of rotatable bonds is 2. The lowest BCUT2D eigenvalue weighted by Crippen LogP contribution is -2.12. The van der Waals surface area contributed by atoms with Gasteiger partial charge >= 0.3 is 0 Å². The zero-order chi connectivity index (χ0) is 11.7. The molecule has 0 fully saturated rings. The molecular formula is C11H8BrF2NO. The van der Waals surface area contributed by atoms with Crippen molar-refractivity contribution in [2.75, 3.05) is 0 Å². The highest BCUT2D eigenvalue weighted by molar-refractivity contribution is 9.10. The van der Waals surface area contributed by atoms with Crippen LogP contribution in [0, 0.1) is 11.6 Å². The molecule has 0 saturated carbocycles. The van der Waals surface area contributed by atoms with Gasteiger partial charge in [-0.1, -0.05) is 0 Å². The highest BCUT2D eigenvalue weighted by Gasteiger charge is 2.17. The molecule has 1 heterocycles. The summed E-state index contributed by atoms with van der Waals surface area (Å²) in [7, 11) is 0. The fourth-order valence-corrected chi connectivity index (χ4v) is 1.88. The standard InChI is InChI=1S/C11H8BrF2NO/c12-9-1-2-16-11(9)10(15)6-3-7(13)5-8(14)4-6/h1-5,10H,15H2. The average molecular weight is 288 g/mol.